The SMILES string of the molecule is C=Cc1c2[nH]c(c1C)/C=C1\NC(=C3C4=NC(/C=c5\[nH]c(c(C)c5CC)=C2)C(C)=C4C(=O)C3C(=O)OC)[C@@H](CCC(=O)N/N=C(/CO)[C@]2(O)Cc3c(O)c4c(c(O)c3[C@@H](O[C@H]3C[C@@H](N)[C@@H](O)[C@@H](C)O3)C2)C(=O)c2c(OC)cccc2C4=O)[C@H]1C. The second kappa shape index (κ2) is 21.3. The molecule has 2 aromatic carbocycles. The van der Waals surface area contributed by atoms with Crippen molar-refractivity contribution < 1.29 is 68.5 Å². The summed E-state index contributed by atoms with van der Waals surface area (Å²) in [5.41, 5.74) is 13.0. The smallest absolute Gasteiger partial charge is 0.321 e. The average Bonchev–Trinajstić information content (AvgIpc) is 4.41. The number of allylic oxidation sites excluding steroid dienone is 3. The van der Waals surface area contributed by atoms with Gasteiger partial charge in [0.1, 0.15) is 28.8 Å². The van der Waals surface area contributed by atoms with E-state index in [1.807, 2.05) is 32.9 Å². The van der Waals surface area contributed by atoms with Crippen LogP contribution in [-0.4, -0.2) is 133 Å². The second-order valence-electron chi connectivity index (χ2n) is 22.5. The lowest BCUT2D eigenvalue weighted by atomic mass is 9.71. The molecule has 11 rings (SSSR count). The Bertz CT molecular complexity index is 3830. The number of hydrogen-bond donors (Lipinski definition) is 10. The summed E-state index contributed by atoms with van der Waals surface area (Å²) in [6.45, 7) is 14.7. The number of nitrogens with one attached hydrogen (secondary N) is 4. The largest absolute Gasteiger partial charge is 0.507 e. The van der Waals surface area contributed by atoms with Gasteiger partial charge >= 0.3 is 5.97 Å². The number of aliphatic imine (C=N–C) groups is 1. The summed E-state index contributed by atoms with van der Waals surface area (Å²) < 4.78 is 23.1. The van der Waals surface area contributed by atoms with Crippen molar-refractivity contribution in [3.05, 3.63) is 131 Å². The zero-order valence-electron chi connectivity index (χ0n) is 47.3. The van der Waals surface area contributed by atoms with E-state index in [0.29, 0.717) is 28.1 Å². The standard InChI is InChI=1S/C62H67N7O14/c1-10-29-24(3)35-18-37-26(5)31(53(66-37)49-52(61(78)81-9)58(75)46-27(6)38(67-54(46)49)20-40-30(11-2)25(4)36(65-40)19-39(29)64-35)15-16-44(71)69-68-43(23-70)62(79)21-33-48(42(22-62)83-45-17-34(63)55(72)28(7)82-45)60(77)51-50(57(33)74)56(73)32-13-12-14-41(80-8)47(32)59(51)76/h10,12-14,18-20,26,28,31,34,38,42,45,52,55,64-66,70,72,74,77,79H,1,11,15-17,21-23,63H2,2-9H3,(H,69,71)/b36-19?,37-18-,40-20-,53-49?,68-43-/t26-,28-,31+,34-,38?,42+,45+,52?,55+,62+/m1/s1. The highest BCUT2D eigenvalue weighted by atomic mass is 16.7. The number of ether oxygens (including phenoxy) is 4. The summed E-state index contributed by atoms with van der Waals surface area (Å²) in [7, 11) is 2.54. The molecule has 2 saturated heterocycles. The van der Waals surface area contributed by atoms with E-state index in [2.05, 4.69) is 52.3 Å². The zero-order valence-corrected chi connectivity index (χ0v) is 47.3. The van der Waals surface area contributed by atoms with Gasteiger partial charge in [0, 0.05) is 110 Å². The van der Waals surface area contributed by atoms with E-state index >= 15 is 0 Å². The molecule has 21 nitrogen and oxygen atoms in total. The number of ketones is 3. The minimum atomic E-state index is -2.28. The lowest BCUT2D eigenvalue weighted by Crippen LogP contribution is -2.53. The molecular weight excluding hydrogens is 1070 g/mol. The van der Waals surface area contributed by atoms with Crippen molar-refractivity contribution in [3.63, 3.8) is 0 Å². The zero-order chi connectivity index (χ0) is 59.4. The molecule has 21 heteroatoms. The molecular formula is C62H67N7O14. The summed E-state index contributed by atoms with van der Waals surface area (Å²) in [4.78, 5) is 83.7. The van der Waals surface area contributed by atoms with Gasteiger partial charge in [-0.05, 0) is 87.1 Å². The number of methoxy groups -OCH3 is 2. The normalized spacial score (nSPS) is 28.0. The maximum Gasteiger partial charge on any atom is 0.321 e. The molecule has 1 amide bonds. The Labute approximate surface area is 477 Å². The molecule has 10 atom stereocenters. The first-order valence-electron chi connectivity index (χ1n) is 27.8. The number of nitrogens with zero attached hydrogens (tertiary/aromatic N) is 2. The molecule has 3 aliphatic carbocycles. The summed E-state index contributed by atoms with van der Waals surface area (Å²) in [5, 5.41) is 68.3. The number of carbonyl (C=O) groups excluding carboxylic acids is 5. The maximum atomic E-state index is 14.6. The number of amides is 1. The van der Waals surface area contributed by atoms with Crippen molar-refractivity contribution >= 4 is 65.0 Å². The van der Waals surface area contributed by atoms with Gasteiger partial charge in [-0.2, -0.15) is 5.10 Å². The Morgan fingerprint density at radius 2 is 1.76 bits per heavy atom. The highest BCUT2D eigenvalue weighted by molar-refractivity contribution is 6.42. The van der Waals surface area contributed by atoms with E-state index < -0.39 is 131 Å². The van der Waals surface area contributed by atoms with Crippen molar-refractivity contribution in [3.8, 4) is 17.2 Å². The van der Waals surface area contributed by atoms with Gasteiger partial charge in [0.2, 0.25) is 11.7 Å². The molecule has 0 radical (unpaired) electrons. The van der Waals surface area contributed by atoms with Crippen molar-refractivity contribution in [2.45, 2.75) is 122 Å². The number of phenolic OH excluding ortho intramolecular Hbond substituents is 2. The molecule has 8 bridgehead atoms. The number of phenols is 2. The van der Waals surface area contributed by atoms with Crippen LogP contribution in [0.4, 0.5) is 0 Å². The molecule has 434 valence electrons. The van der Waals surface area contributed by atoms with Crippen LogP contribution in [0.25, 0.3) is 24.3 Å². The third-order valence-corrected chi connectivity index (χ3v) is 18.0. The van der Waals surface area contributed by atoms with Crippen LogP contribution >= 0.6 is 0 Å². The molecule has 11 N–H and O–H groups in total. The van der Waals surface area contributed by atoms with E-state index in [-0.39, 0.29) is 53.2 Å². The van der Waals surface area contributed by atoms with Crippen LogP contribution in [0.3, 0.4) is 0 Å². The predicted molar refractivity (Wildman–Crippen MR) is 305 cm³/mol. The molecule has 2 aromatic heterocycles. The minimum Gasteiger partial charge on any atom is -0.507 e. The topological polar surface area (TPSA) is 330 Å². The van der Waals surface area contributed by atoms with Gasteiger partial charge in [0.25, 0.3) is 0 Å². The van der Waals surface area contributed by atoms with Gasteiger partial charge < -0.3 is 65.5 Å². The number of aromatic hydroxyl groups is 2. The first-order chi connectivity index (χ1) is 39.6. The van der Waals surface area contributed by atoms with Crippen LogP contribution in [0.2, 0.25) is 0 Å². The van der Waals surface area contributed by atoms with Crippen molar-refractivity contribution in [1.29, 1.82) is 0 Å². The number of hydrogen-bond acceptors (Lipinski definition) is 18. The van der Waals surface area contributed by atoms with Crippen LogP contribution < -0.4 is 31.9 Å². The quantitative estimate of drug-likeness (QED) is 0.0281. The number of fused-ring (bicyclic) bond motifs is 10. The van der Waals surface area contributed by atoms with E-state index in [1.54, 1.807) is 13.0 Å². The number of H-pyrrole nitrogens is 2. The number of carbonyl (C=O) groups is 5. The second-order valence-corrected chi connectivity index (χ2v) is 22.5. The average molecular weight is 1130 g/mol. The number of aliphatic hydroxyl groups excluding tert-OH is 2. The van der Waals surface area contributed by atoms with Gasteiger partial charge in [0.05, 0.1) is 73.3 Å². The number of hydrazone groups is 1. The first-order valence-corrected chi connectivity index (χ1v) is 27.8. The highest BCUT2D eigenvalue weighted by Crippen LogP contribution is 2.53. The molecule has 2 unspecified atom stereocenters. The molecule has 4 aromatic rings. The molecule has 0 spiro atoms. The molecule has 7 aliphatic rings. The Balaban J connectivity index is 0.953. The Morgan fingerprint density at radius 1 is 1.01 bits per heavy atom. The van der Waals surface area contributed by atoms with Crippen LogP contribution in [0.15, 0.2) is 63.0 Å². The minimum absolute atomic E-state index is 0.0573. The first kappa shape index (κ1) is 56.8. The number of rotatable bonds is 12. The number of aromatic nitrogens is 2. The molecule has 83 heavy (non-hydrogen) atoms. The Morgan fingerprint density at radius 3 is 2.45 bits per heavy atom. The molecule has 3 fully saturated rings. The van der Waals surface area contributed by atoms with Crippen molar-refractivity contribution in [2.24, 2.45) is 33.6 Å². The highest BCUT2D eigenvalue weighted by Gasteiger charge is 2.53. The molecule has 1 saturated carbocycles. The Kier molecular flexibility index (Phi) is 14.6. The number of nitrogens with two attached hydrogens (primary N) is 1. The third kappa shape index (κ3) is 9.03. The summed E-state index contributed by atoms with van der Waals surface area (Å²) in [6, 6.07) is 2.98. The van der Waals surface area contributed by atoms with Gasteiger partial charge in [-0.1, -0.05) is 38.6 Å². The number of aromatic amines is 2. The lowest BCUT2D eigenvalue weighted by Gasteiger charge is -2.43. The van der Waals surface area contributed by atoms with E-state index in [0.717, 1.165) is 56.5 Å². The molecule has 4 aliphatic heterocycles. The van der Waals surface area contributed by atoms with Gasteiger partial charge in [-0.3, -0.25) is 29.0 Å². The van der Waals surface area contributed by atoms with E-state index in [4.69, 9.17) is 29.7 Å². The van der Waals surface area contributed by atoms with Crippen LogP contribution in [-0.2, 0) is 41.4 Å². The number of Topliss-reactive ketones (excluding diaryl/α,β-unsaturated/α-hetero) is 1. The monoisotopic (exact) mass is 1130 g/mol. The summed E-state index contributed by atoms with van der Waals surface area (Å²) in [5.74, 6) is -7.12. The van der Waals surface area contributed by atoms with Crippen LogP contribution in [0.5, 0.6) is 17.2 Å². The Hall–Kier alpha value is -8.05. The fourth-order valence-corrected chi connectivity index (χ4v) is 13.4. The third-order valence-electron chi connectivity index (χ3n) is 18.0. The number of esters is 1. The number of aliphatic hydroxyl groups is 3. The van der Waals surface area contributed by atoms with E-state index in [9.17, 15) is 49.5 Å². The van der Waals surface area contributed by atoms with Gasteiger partial charge in [-0.15, -0.1) is 0 Å². The van der Waals surface area contributed by atoms with Gasteiger partial charge in [0.15, 0.2) is 17.9 Å². The van der Waals surface area contributed by atoms with Gasteiger partial charge in [-0.25, -0.2) is 5.43 Å². The van der Waals surface area contributed by atoms with Crippen molar-refractivity contribution in [2.75, 3.05) is 20.8 Å². The van der Waals surface area contributed by atoms with Crippen molar-refractivity contribution in [1.82, 2.24) is 20.7 Å². The fraction of sp³-hybridized carbons (Fsp3) is 0.403. The van der Waals surface area contributed by atoms with E-state index in [1.165, 1.54) is 32.4 Å². The van der Waals surface area contributed by atoms with Crippen LogP contribution in [0.1, 0.15) is 136 Å². The predicted octanol–water partition coefficient (Wildman–Crippen LogP) is 3.45. The lowest BCUT2D eigenvalue weighted by molar-refractivity contribution is -0.245. The fourth-order valence-electron chi connectivity index (χ4n) is 13.4. The van der Waals surface area contributed by atoms with Crippen LogP contribution in [0, 0.1) is 31.6 Å². The summed E-state index contributed by atoms with van der Waals surface area (Å²) in [6.07, 6.45) is 2.81. The molecule has 6 heterocycles. The maximum absolute atomic E-state index is 14.6. The number of benzene rings is 2. The summed E-state index contributed by atoms with van der Waals surface area (Å²) >= 11 is 0.